The van der Waals surface area contributed by atoms with E-state index < -0.39 is 12.1 Å². The Balaban J connectivity index is 1.54. The second kappa shape index (κ2) is 7.75. The van der Waals surface area contributed by atoms with Crippen LogP contribution in [0, 0.1) is 13.8 Å². The molecular weight excluding hydrogens is 366 g/mol. The Labute approximate surface area is 168 Å². The molecule has 0 saturated carbocycles. The summed E-state index contributed by atoms with van der Waals surface area (Å²) in [7, 11) is 0. The fourth-order valence-electron chi connectivity index (χ4n) is 3.31. The SMILES string of the molecule is Cc1cc(C(=O)OC(C)c2nnc(-c3ccccc3)o2)c(C)n1-c1ccccc1. The number of hydrogen-bond donors (Lipinski definition) is 0. The molecule has 1 unspecified atom stereocenters. The number of carbonyl (C=O) groups is 1. The number of esters is 1. The first-order valence-corrected chi connectivity index (χ1v) is 9.38. The molecule has 146 valence electrons. The lowest BCUT2D eigenvalue weighted by Gasteiger charge is -2.11. The molecule has 0 saturated heterocycles. The molecule has 0 aliphatic carbocycles. The lowest BCUT2D eigenvalue weighted by Crippen LogP contribution is -2.11. The molecule has 29 heavy (non-hydrogen) atoms. The molecule has 4 aromatic rings. The van der Waals surface area contributed by atoms with Gasteiger partial charge in [-0.15, -0.1) is 10.2 Å². The van der Waals surface area contributed by atoms with Crippen LogP contribution in [0.1, 0.15) is 40.7 Å². The van der Waals surface area contributed by atoms with Gasteiger partial charge in [-0.05, 0) is 51.1 Å². The second-order valence-electron chi connectivity index (χ2n) is 6.81. The summed E-state index contributed by atoms with van der Waals surface area (Å²) in [5.41, 5.74) is 4.11. The largest absolute Gasteiger partial charge is 0.449 e. The maximum Gasteiger partial charge on any atom is 0.340 e. The Kier molecular flexibility index (Phi) is 4.99. The van der Waals surface area contributed by atoms with Crippen LogP contribution in [0.5, 0.6) is 0 Å². The molecule has 6 heteroatoms. The highest BCUT2D eigenvalue weighted by Gasteiger charge is 2.23. The normalized spacial score (nSPS) is 12.0. The zero-order valence-corrected chi connectivity index (χ0v) is 16.5. The molecule has 0 N–H and O–H groups in total. The molecule has 1 atom stereocenters. The van der Waals surface area contributed by atoms with E-state index in [-0.39, 0.29) is 5.89 Å². The molecule has 0 bridgehead atoms. The van der Waals surface area contributed by atoms with Gasteiger partial charge in [0.05, 0.1) is 5.56 Å². The monoisotopic (exact) mass is 387 g/mol. The predicted octanol–water partition coefficient (Wildman–Crippen LogP) is 5.06. The molecule has 0 spiro atoms. The van der Waals surface area contributed by atoms with Crippen LogP contribution in [0.4, 0.5) is 0 Å². The highest BCUT2D eigenvalue weighted by atomic mass is 16.6. The molecule has 2 aromatic carbocycles. The van der Waals surface area contributed by atoms with Crippen LogP contribution >= 0.6 is 0 Å². The van der Waals surface area contributed by atoms with Crippen LogP contribution in [0.25, 0.3) is 17.1 Å². The van der Waals surface area contributed by atoms with E-state index in [1.54, 1.807) is 6.92 Å². The van der Waals surface area contributed by atoms with E-state index in [0.29, 0.717) is 11.5 Å². The number of ether oxygens (including phenoxy) is 1. The first-order chi connectivity index (χ1) is 14.0. The molecule has 4 rings (SSSR count). The van der Waals surface area contributed by atoms with E-state index in [4.69, 9.17) is 9.15 Å². The lowest BCUT2D eigenvalue weighted by molar-refractivity contribution is 0.0279. The molecule has 6 nitrogen and oxygen atoms in total. The molecule has 0 radical (unpaired) electrons. The Morgan fingerprint density at radius 1 is 1.00 bits per heavy atom. The summed E-state index contributed by atoms with van der Waals surface area (Å²) in [6, 6.07) is 21.2. The van der Waals surface area contributed by atoms with E-state index in [0.717, 1.165) is 22.6 Å². The third-order valence-corrected chi connectivity index (χ3v) is 4.76. The fraction of sp³-hybridized carbons (Fsp3) is 0.174. The Hall–Kier alpha value is -3.67. The van der Waals surface area contributed by atoms with Crippen LogP contribution in [-0.4, -0.2) is 20.7 Å². The number of rotatable bonds is 5. The Morgan fingerprint density at radius 3 is 2.34 bits per heavy atom. The fourth-order valence-corrected chi connectivity index (χ4v) is 3.31. The summed E-state index contributed by atoms with van der Waals surface area (Å²) in [5, 5.41) is 8.08. The van der Waals surface area contributed by atoms with Gasteiger partial charge in [-0.1, -0.05) is 36.4 Å². The summed E-state index contributed by atoms with van der Waals surface area (Å²) >= 11 is 0. The van der Waals surface area contributed by atoms with Crippen LogP contribution in [0.2, 0.25) is 0 Å². The predicted molar refractivity (Wildman–Crippen MR) is 109 cm³/mol. The van der Waals surface area contributed by atoms with E-state index >= 15 is 0 Å². The maximum atomic E-state index is 12.8. The van der Waals surface area contributed by atoms with Crippen molar-refractivity contribution >= 4 is 5.97 Å². The van der Waals surface area contributed by atoms with Gasteiger partial charge in [0.15, 0.2) is 6.10 Å². The van der Waals surface area contributed by atoms with E-state index in [1.807, 2.05) is 85.1 Å². The molecular formula is C23H21N3O3. The van der Waals surface area contributed by atoms with Crippen molar-refractivity contribution in [2.24, 2.45) is 0 Å². The van der Waals surface area contributed by atoms with Gasteiger partial charge in [-0.3, -0.25) is 0 Å². The average molecular weight is 387 g/mol. The summed E-state index contributed by atoms with van der Waals surface area (Å²) < 4.78 is 13.3. The van der Waals surface area contributed by atoms with Gasteiger partial charge >= 0.3 is 5.97 Å². The van der Waals surface area contributed by atoms with Crippen LogP contribution in [0.3, 0.4) is 0 Å². The standard InChI is InChI=1S/C23H21N3O3/c1-15-14-20(16(2)26(15)19-12-8-5-9-13-19)23(27)28-17(3)21-24-25-22(29-21)18-10-6-4-7-11-18/h4-14,17H,1-3H3. The van der Waals surface area contributed by atoms with Gasteiger partial charge in [0.2, 0.25) is 5.89 Å². The highest BCUT2D eigenvalue weighted by Crippen LogP contribution is 2.25. The number of aromatic nitrogens is 3. The molecule has 0 fully saturated rings. The summed E-state index contributed by atoms with van der Waals surface area (Å²) in [6.45, 7) is 5.59. The van der Waals surface area contributed by atoms with Crippen LogP contribution in [-0.2, 0) is 4.74 Å². The zero-order chi connectivity index (χ0) is 20.4. The van der Waals surface area contributed by atoms with Crippen molar-refractivity contribution in [3.63, 3.8) is 0 Å². The topological polar surface area (TPSA) is 70.2 Å². The minimum atomic E-state index is -0.660. The number of hydrogen-bond acceptors (Lipinski definition) is 5. The van der Waals surface area contributed by atoms with Crippen molar-refractivity contribution in [3.8, 4) is 17.1 Å². The van der Waals surface area contributed by atoms with Crippen molar-refractivity contribution in [2.75, 3.05) is 0 Å². The van der Waals surface area contributed by atoms with Crippen LogP contribution in [0.15, 0.2) is 71.1 Å². The number of aryl methyl sites for hydroxylation is 1. The number of benzene rings is 2. The summed E-state index contributed by atoms with van der Waals surface area (Å²) in [4.78, 5) is 12.8. The van der Waals surface area contributed by atoms with Gasteiger partial charge in [0, 0.05) is 22.6 Å². The lowest BCUT2D eigenvalue weighted by atomic mass is 10.2. The summed E-state index contributed by atoms with van der Waals surface area (Å²) in [6.07, 6.45) is -0.660. The minimum absolute atomic E-state index is 0.258. The molecule has 0 aliphatic heterocycles. The third-order valence-electron chi connectivity index (χ3n) is 4.76. The molecule has 2 aromatic heterocycles. The van der Waals surface area contributed by atoms with Gasteiger partial charge in [-0.25, -0.2) is 4.79 Å². The second-order valence-corrected chi connectivity index (χ2v) is 6.81. The van der Waals surface area contributed by atoms with Crippen molar-refractivity contribution in [1.82, 2.24) is 14.8 Å². The van der Waals surface area contributed by atoms with Crippen molar-refractivity contribution < 1.29 is 13.9 Å². The number of carbonyl (C=O) groups excluding carboxylic acids is 1. The first-order valence-electron chi connectivity index (χ1n) is 9.38. The Bertz CT molecular complexity index is 1130. The average Bonchev–Trinajstić information content (AvgIpc) is 3.34. The minimum Gasteiger partial charge on any atom is -0.449 e. The highest BCUT2D eigenvalue weighted by molar-refractivity contribution is 5.91. The smallest absolute Gasteiger partial charge is 0.340 e. The summed E-state index contributed by atoms with van der Waals surface area (Å²) in [5.74, 6) is 0.229. The number of nitrogens with zero attached hydrogens (tertiary/aromatic N) is 3. The maximum absolute atomic E-state index is 12.8. The first kappa shape index (κ1) is 18.7. The molecule has 2 heterocycles. The van der Waals surface area contributed by atoms with Crippen LogP contribution < -0.4 is 0 Å². The van der Waals surface area contributed by atoms with Crippen molar-refractivity contribution in [3.05, 3.63) is 89.6 Å². The number of para-hydroxylation sites is 1. The Morgan fingerprint density at radius 2 is 1.66 bits per heavy atom. The van der Waals surface area contributed by atoms with Gasteiger partial charge in [0.25, 0.3) is 5.89 Å². The van der Waals surface area contributed by atoms with E-state index in [2.05, 4.69) is 10.2 Å². The molecule has 0 amide bonds. The van der Waals surface area contributed by atoms with Crippen molar-refractivity contribution in [1.29, 1.82) is 0 Å². The van der Waals surface area contributed by atoms with Gasteiger partial charge < -0.3 is 13.7 Å². The zero-order valence-electron chi connectivity index (χ0n) is 16.5. The molecule has 0 aliphatic rings. The van der Waals surface area contributed by atoms with Gasteiger partial charge in [0.1, 0.15) is 0 Å². The van der Waals surface area contributed by atoms with E-state index in [9.17, 15) is 4.79 Å². The van der Waals surface area contributed by atoms with E-state index in [1.165, 1.54) is 0 Å². The van der Waals surface area contributed by atoms with Gasteiger partial charge in [-0.2, -0.15) is 0 Å². The quantitative estimate of drug-likeness (QED) is 0.448. The van der Waals surface area contributed by atoms with Crippen molar-refractivity contribution in [2.45, 2.75) is 26.9 Å². The third kappa shape index (κ3) is 3.69.